The lowest BCUT2D eigenvalue weighted by Gasteiger charge is -2.34. The summed E-state index contributed by atoms with van der Waals surface area (Å²) in [4.78, 5) is 16.7. The predicted octanol–water partition coefficient (Wildman–Crippen LogP) is 3.81. The maximum atomic E-state index is 12.9. The van der Waals surface area contributed by atoms with Crippen LogP contribution in [0.5, 0.6) is 11.5 Å². The van der Waals surface area contributed by atoms with Crippen molar-refractivity contribution >= 4 is 29.7 Å². The van der Waals surface area contributed by atoms with Crippen molar-refractivity contribution in [1.29, 1.82) is 0 Å². The number of fused-ring (bicyclic) bond motifs is 1. The second-order valence-electron chi connectivity index (χ2n) is 7.03. The first kappa shape index (κ1) is 20.0. The molecule has 146 valence electrons. The van der Waals surface area contributed by atoms with Gasteiger partial charge in [0.05, 0.1) is 4.88 Å². The summed E-state index contributed by atoms with van der Waals surface area (Å²) in [5.41, 5.74) is 7.09. The molecule has 1 fully saturated rings. The van der Waals surface area contributed by atoms with Crippen LogP contribution in [0.15, 0.2) is 30.3 Å². The number of nitrogens with zero attached hydrogens (tertiary/aromatic N) is 1. The van der Waals surface area contributed by atoms with Crippen LogP contribution in [0.2, 0.25) is 0 Å². The molecule has 2 N–H and O–H groups in total. The highest BCUT2D eigenvalue weighted by atomic mass is 35.5. The highest BCUT2D eigenvalue weighted by molar-refractivity contribution is 7.17. The van der Waals surface area contributed by atoms with Crippen LogP contribution in [0, 0.1) is 5.92 Å². The number of carbonyl (C=O) groups excluding carboxylic acids is 1. The third kappa shape index (κ3) is 4.23. The largest absolute Gasteiger partial charge is 0.486 e. The maximum Gasteiger partial charge on any atom is 0.263 e. The van der Waals surface area contributed by atoms with Gasteiger partial charge in [0.25, 0.3) is 5.91 Å². The van der Waals surface area contributed by atoms with Crippen LogP contribution in [0.1, 0.15) is 29.4 Å². The Morgan fingerprint density at radius 2 is 2.00 bits per heavy atom. The van der Waals surface area contributed by atoms with E-state index in [9.17, 15) is 4.79 Å². The minimum atomic E-state index is 0. The van der Waals surface area contributed by atoms with E-state index in [-0.39, 0.29) is 24.4 Å². The van der Waals surface area contributed by atoms with E-state index < -0.39 is 0 Å². The molecular formula is C20H25ClN2O3S. The highest BCUT2D eigenvalue weighted by Gasteiger charge is 2.27. The van der Waals surface area contributed by atoms with Gasteiger partial charge in [-0.2, -0.15) is 0 Å². The number of likely N-dealkylation sites (tertiary alicyclic amines) is 1. The Bertz CT molecular complexity index is 808. The van der Waals surface area contributed by atoms with Crippen molar-refractivity contribution in [3.05, 3.63) is 35.2 Å². The van der Waals surface area contributed by atoms with E-state index in [1.807, 2.05) is 42.2 Å². The Balaban J connectivity index is 0.00000210. The molecular weight excluding hydrogens is 384 g/mol. The number of benzene rings is 1. The van der Waals surface area contributed by atoms with Crippen molar-refractivity contribution in [2.75, 3.05) is 26.3 Å². The molecule has 3 heterocycles. The summed E-state index contributed by atoms with van der Waals surface area (Å²) in [7, 11) is 0. The molecule has 2 atom stereocenters. The van der Waals surface area contributed by atoms with Gasteiger partial charge in [0.15, 0.2) is 11.5 Å². The minimum absolute atomic E-state index is 0. The van der Waals surface area contributed by atoms with Crippen molar-refractivity contribution in [3.63, 3.8) is 0 Å². The third-order valence-corrected chi connectivity index (χ3v) is 6.25. The highest BCUT2D eigenvalue weighted by Crippen LogP contribution is 2.37. The van der Waals surface area contributed by atoms with Gasteiger partial charge in [0.2, 0.25) is 0 Å². The third-order valence-electron chi connectivity index (χ3n) is 5.13. The van der Waals surface area contributed by atoms with Gasteiger partial charge < -0.3 is 20.1 Å². The van der Waals surface area contributed by atoms with Crippen LogP contribution in [0.25, 0.3) is 10.4 Å². The zero-order valence-corrected chi connectivity index (χ0v) is 17.0. The molecule has 1 aromatic carbocycles. The topological polar surface area (TPSA) is 64.8 Å². The number of amides is 1. The summed E-state index contributed by atoms with van der Waals surface area (Å²) >= 11 is 1.53. The monoisotopic (exact) mass is 408 g/mol. The summed E-state index contributed by atoms with van der Waals surface area (Å²) < 4.78 is 11.2. The lowest BCUT2D eigenvalue weighted by atomic mass is 9.92. The van der Waals surface area contributed by atoms with E-state index in [2.05, 4.69) is 0 Å². The molecule has 0 bridgehead atoms. The minimum Gasteiger partial charge on any atom is -0.486 e. The van der Waals surface area contributed by atoms with E-state index in [1.54, 1.807) is 0 Å². The van der Waals surface area contributed by atoms with Crippen LogP contribution in [0.3, 0.4) is 0 Å². The fourth-order valence-corrected chi connectivity index (χ4v) is 4.55. The first-order valence-electron chi connectivity index (χ1n) is 9.16. The average molecular weight is 409 g/mol. The number of nitrogens with two attached hydrogens (primary N) is 1. The van der Waals surface area contributed by atoms with Crippen molar-refractivity contribution in [3.8, 4) is 21.9 Å². The number of thiophene rings is 1. The van der Waals surface area contributed by atoms with E-state index in [0.717, 1.165) is 52.7 Å². The van der Waals surface area contributed by atoms with Crippen LogP contribution in [-0.4, -0.2) is 43.2 Å². The fraction of sp³-hybridized carbons (Fsp3) is 0.450. The second kappa shape index (κ2) is 8.50. The van der Waals surface area contributed by atoms with Gasteiger partial charge in [-0.05, 0) is 61.6 Å². The predicted molar refractivity (Wildman–Crippen MR) is 110 cm³/mol. The summed E-state index contributed by atoms with van der Waals surface area (Å²) in [6.45, 7) is 4.76. The van der Waals surface area contributed by atoms with Crippen molar-refractivity contribution in [1.82, 2.24) is 4.90 Å². The molecule has 2 aliphatic rings. The van der Waals surface area contributed by atoms with E-state index in [0.29, 0.717) is 19.1 Å². The molecule has 2 aliphatic heterocycles. The first-order chi connectivity index (χ1) is 12.6. The Labute approximate surface area is 169 Å². The van der Waals surface area contributed by atoms with E-state index in [4.69, 9.17) is 15.2 Å². The molecule has 5 nitrogen and oxygen atoms in total. The number of piperidine rings is 1. The molecule has 27 heavy (non-hydrogen) atoms. The molecule has 2 aromatic rings. The molecule has 0 spiro atoms. The number of hydrogen-bond donors (Lipinski definition) is 1. The van der Waals surface area contributed by atoms with Crippen molar-refractivity contribution in [2.45, 2.75) is 25.8 Å². The van der Waals surface area contributed by atoms with Gasteiger partial charge in [-0.25, -0.2) is 0 Å². The SMILES string of the molecule is CC(N)C1CCCN(C(=O)c2ccc(-c3ccc4c(c3)OCCO4)s2)C1.Cl. The zero-order chi connectivity index (χ0) is 18.1. The summed E-state index contributed by atoms with van der Waals surface area (Å²) in [5, 5.41) is 0. The smallest absolute Gasteiger partial charge is 0.263 e. The van der Waals surface area contributed by atoms with E-state index >= 15 is 0 Å². The fourth-order valence-electron chi connectivity index (χ4n) is 3.58. The van der Waals surface area contributed by atoms with Crippen LogP contribution >= 0.6 is 23.7 Å². The average Bonchev–Trinajstić information content (AvgIpc) is 3.17. The molecule has 4 rings (SSSR count). The Morgan fingerprint density at radius 1 is 1.22 bits per heavy atom. The molecule has 1 amide bonds. The maximum absolute atomic E-state index is 12.9. The van der Waals surface area contributed by atoms with Crippen LogP contribution in [0.4, 0.5) is 0 Å². The van der Waals surface area contributed by atoms with Crippen molar-refractivity contribution in [2.24, 2.45) is 11.7 Å². The quantitative estimate of drug-likeness (QED) is 0.838. The number of halogens is 1. The number of rotatable bonds is 3. The number of hydrogen-bond acceptors (Lipinski definition) is 5. The summed E-state index contributed by atoms with van der Waals surface area (Å²) in [6, 6.07) is 10.00. The zero-order valence-electron chi connectivity index (χ0n) is 15.3. The normalized spacial score (nSPS) is 19.9. The number of carbonyl (C=O) groups is 1. The van der Waals surface area contributed by atoms with Gasteiger partial charge in [-0.15, -0.1) is 23.7 Å². The van der Waals surface area contributed by atoms with E-state index in [1.165, 1.54) is 11.3 Å². The standard InChI is InChI=1S/C20H24N2O3S.ClH/c1-13(21)15-3-2-8-22(12-15)20(23)19-7-6-18(26-19)14-4-5-16-17(11-14)25-10-9-24-16;/h4-7,11,13,15H,2-3,8-10,12,21H2,1H3;1H. The molecule has 0 saturated carbocycles. The molecule has 1 saturated heterocycles. The van der Waals surface area contributed by atoms with Gasteiger partial charge in [-0.3, -0.25) is 4.79 Å². The second-order valence-corrected chi connectivity index (χ2v) is 8.12. The van der Waals surface area contributed by atoms with Crippen LogP contribution < -0.4 is 15.2 Å². The molecule has 2 unspecified atom stereocenters. The van der Waals surface area contributed by atoms with Gasteiger partial charge in [0, 0.05) is 24.0 Å². The molecule has 1 aromatic heterocycles. The molecule has 0 radical (unpaired) electrons. The van der Waals surface area contributed by atoms with Gasteiger partial charge in [-0.1, -0.05) is 0 Å². The van der Waals surface area contributed by atoms with Gasteiger partial charge in [0.1, 0.15) is 13.2 Å². The lowest BCUT2D eigenvalue weighted by Crippen LogP contribution is -2.44. The Hall–Kier alpha value is -1.76. The number of ether oxygens (including phenoxy) is 2. The molecule has 0 aliphatic carbocycles. The van der Waals surface area contributed by atoms with Crippen LogP contribution in [-0.2, 0) is 0 Å². The summed E-state index contributed by atoms with van der Waals surface area (Å²) in [6.07, 6.45) is 2.13. The Morgan fingerprint density at radius 3 is 2.78 bits per heavy atom. The lowest BCUT2D eigenvalue weighted by molar-refractivity contribution is 0.0666. The Kier molecular flexibility index (Phi) is 6.29. The molecule has 7 heteroatoms. The van der Waals surface area contributed by atoms with Gasteiger partial charge >= 0.3 is 0 Å². The summed E-state index contributed by atoms with van der Waals surface area (Å²) in [5.74, 6) is 2.06. The van der Waals surface area contributed by atoms with Crippen molar-refractivity contribution < 1.29 is 14.3 Å². The first-order valence-corrected chi connectivity index (χ1v) is 9.98.